The quantitative estimate of drug-likeness (QED) is 0.476. The van der Waals surface area contributed by atoms with Crippen molar-refractivity contribution in [2.45, 2.75) is 17.6 Å². The van der Waals surface area contributed by atoms with Gasteiger partial charge in [-0.2, -0.15) is 0 Å². The van der Waals surface area contributed by atoms with Gasteiger partial charge < -0.3 is 4.98 Å². The molecule has 0 aliphatic carbocycles. The molecule has 4 aromatic rings. The van der Waals surface area contributed by atoms with Crippen LogP contribution in [0.15, 0.2) is 77.7 Å². The van der Waals surface area contributed by atoms with E-state index in [1.807, 2.05) is 67.6 Å². The van der Waals surface area contributed by atoms with Crippen molar-refractivity contribution in [3.63, 3.8) is 0 Å². The number of aromatic amines is 1. The number of benzene rings is 3. The third-order valence-electron chi connectivity index (χ3n) is 4.75. The number of para-hydroxylation sites is 1. The molecule has 0 saturated carbocycles. The number of fused-ring (bicyclic) bond motifs is 1. The second-order valence-electron chi connectivity index (χ2n) is 6.56. The molecule has 0 aliphatic rings. The maximum atomic E-state index is 13.0. The van der Waals surface area contributed by atoms with E-state index >= 15 is 0 Å². The van der Waals surface area contributed by atoms with Gasteiger partial charge in [0.1, 0.15) is 0 Å². The van der Waals surface area contributed by atoms with Gasteiger partial charge in [-0.05, 0) is 53.9 Å². The van der Waals surface area contributed by atoms with E-state index in [4.69, 9.17) is 11.6 Å². The van der Waals surface area contributed by atoms with E-state index in [2.05, 4.69) is 4.98 Å². The van der Waals surface area contributed by atoms with E-state index in [0.717, 1.165) is 33.3 Å². The van der Waals surface area contributed by atoms with E-state index in [1.165, 1.54) is 0 Å². The van der Waals surface area contributed by atoms with Gasteiger partial charge >= 0.3 is 0 Å². The lowest BCUT2D eigenvalue weighted by molar-refractivity contribution is 0.595. The van der Waals surface area contributed by atoms with Gasteiger partial charge in [-0.3, -0.25) is 0 Å². The minimum atomic E-state index is -3.44. The van der Waals surface area contributed by atoms with Gasteiger partial charge in [0.05, 0.1) is 10.6 Å². The summed E-state index contributed by atoms with van der Waals surface area (Å²) in [7, 11) is -3.44. The minimum Gasteiger partial charge on any atom is -0.358 e. The predicted octanol–water partition coefficient (Wildman–Crippen LogP) is 5.77. The Labute approximate surface area is 163 Å². The molecule has 3 aromatic carbocycles. The number of aromatic nitrogens is 1. The van der Waals surface area contributed by atoms with Gasteiger partial charge in [-0.25, -0.2) is 8.42 Å². The van der Waals surface area contributed by atoms with Crippen LogP contribution in [0.1, 0.15) is 11.3 Å². The average molecular weight is 396 g/mol. The molecule has 0 bridgehead atoms. The summed E-state index contributed by atoms with van der Waals surface area (Å²) in [6, 6.07) is 22.2. The summed E-state index contributed by atoms with van der Waals surface area (Å²) in [5, 5.41) is 1.63. The first kappa shape index (κ1) is 17.8. The van der Waals surface area contributed by atoms with Crippen molar-refractivity contribution < 1.29 is 8.42 Å². The zero-order valence-corrected chi connectivity index (χ0v) is 16.3. The second-order valence-corrected chi connectivity index (χ2v) is 8.99. The van der Waals surface area contributed by atoms with Gasteiger partial charge in [0.2, 0.25) is 0 Å². The first-order chi connectivity index (χ1) is 12.9. The zero-order valence-electron chi connectivity index (χ0n) is 14.7. The van der Waals surface area contributed by atoms with Crippen LogP contribution >= 0.6 is 11.6 Å². The molecule has 3 nitrogen and oxygen atoms in total. The number of nitrogens with one attached hydrogen (secondary N) is 1. The Morgan fingerprint density at radius 2 is 1.44 bits per heavy atom. The molecule has 0 spiro atoms. The van der Waals surface area contributed by atoms with Crippen LogP contribution in [-0.2, 0) is 15.6 Å². The Morgan fingerprint density at radius 1 is 0.852 bits per heavy atom. The maximum absolute atomic E-state index is 13.0. The van der Waals surface area contributed by atoms with E-state index in [-0.39, 0.29) is 5.75 Å². The lowest BCUT2D eigenvalue weighted by Crippen LogP contribution is -2.05. The molecule has 1 heterocycles. The van der Waals surface area contributed by atoms with Crippen LogP contribution < -0.4 is 0 Å². The highest BCUT2D eigenvalue weighted by Gasteiger charge is 2.19. The molecule has 0 aliphatic heterocycles. The molecule has 4 rings (SSSR count). The monoisotopic (exact) mass is 395 g/mol. The van der Waals surface area contributed by atoms with E-state index in [9.17, 15) is 8.42 Å². The van der Waals surface area contributed by atoms with Crippen LogP contribution in [-0.4, -0.2) is 13.4 Å². The van der Waals surface area contributed by atoms with Crippen molar-refractivity contribution in [3.8, 4) is 11.1 Å². The third-order valence-corrected chi connectivity index (χ3v) is 6.66. The summed E-state index contributed by atoms with van der Waals surface area (Å²) in [6.45, 7) is 1.91. The molecule has 0 amide bonds. The fraction of sp³-hybridized carbons (Fsp3) is 0.0909. The van der Waals surface area contributed by atoms with E-state index < -0.39 is 9.84 Å². The van der Waals surface area contributed by atoms with Crippen molar-refractivity contribution in [3.05, 3.63) is 89.1 Å². The van der Waals surface area contributed by atoms with Gasteiger partial charge in [-0.15, -0.1) is 0 Å². The molecule has 0 saturated heterocycles. The summed E-state index contributed by atoms with van der Waals surface area (Å²) in [6.07, 6.45) is 0. The van der Waals surface area contributed by atoms with Crippen LogP contribution in [0, 0.1) is 6.92 Å². The van der Waals surface area contributed by atoms with E-state index in [1.54, 1.807) is 12.1 Å². The molecular weight excluding hydrogens is 378 g/mol. The lowest BCUT2D eigenvalue weighted by Gasteiger charge is -2.07. The van der Waals surface area contributed by atoms with Gasteiger partial charge in [0, 0.05) is 21.6 Å². The van der Waals surface area contributed by atoms with Gasteiger partial charge in [-0.1, -0.05) is 54.1 Å². The average Bonchev–Trinajstić information content (AvgIpc) is 2.97. The highest BCUT2D eigenvalue weighted by atomic mass is 35.5. The molecule has 136 valence electrons. The fourth-order valence-corrected chi connectivity index (χ4v) is 4.89. The molecule has 1 aromatic heterocycles. The fourth-order valence-electron chi connectivity index (χ4n) is 3.29. The van der Waals surface area contributed by atoms with Crippen molar-refractivity contribution in [1.29, 1.82) is 0 Å². The highest BCUT2D eigenvalue weighted by Crippen LogP contribution is 2.28. The zero-order chi connectivity index (χ0) is 19.0. The van der Waals surface area contributed by atoms with Crippen LogP contribution in [0.25, 0.3) is 22.0 Å². The number of sulfone groups is 1. The number of halogens is 1. The Kier molecular flexibility index (Phi) is 4.54. The summed E-state index contributed by atoms with van der Waals surface area (Å²) >= 11 is 5.92. The third kappa shape index (κ3) is 3.51. The number of H-pyrrole nitrogens is 1. The number of rotatable bonds is 4. The summed E-state index contributed by atoms with van der Waals surface area (Å²) in [4.78, 5) is 3.58. The number of hydrogen-bond donors (Lipinski definition) is 1. The van der Waals surface area contributed by atoms with E-state index in [0.29, 0.717) is 9.92 Å². The smallest absolute Gasteiger partial charge is 0.182 e. The SMILES string of the molecule is Cc1[nH]c2ccccc2c1CS(=O)(=O)c1ccc(-c2ccc(Cl)cc2)cc1. The van der Waals surface area contributed by atoms with Crippen molar-refractivity contribution in [2.75, 3.05) is 0 Å². The van der Waals surface area contributed by atoms with Crippen LogP contribution in [0.5, 0.6) is 0 Å². The molecule has 0 fully saturated rings. The second kappa shape index (κ2) is 6.87. The van der Waals surface area contributed by atoms with Crippen LogP contribution in [0.2, 0.25) is 5.02 Å². The Bertz CT molecular complexity index is 1210. The van der Waals surface area contributed by atoms with Crippen molar-refractivity contribution in [2.24, 2.45) is 0 Å². The topological polar surface area (TPSA) is 49.9 Å². The first-order valence-electron chi connectivity index (χ1n) is 8.59. The lowest BCUT2D eigenvalue weighted by atomic mass is 10.1. The summed E-state index contributed by atoms with van der Waals surface area (Å²) in [5.41, 5.74) is 4.62. The number of hydrogen-bond acceptors (Lipinski definition) is 2. The number of aryl methyl sites for hydroxylation is 1. The highest BCUT2D eigenvalue weighted by molar-refractivity contribution is 7.90. The molecular formula is C22H18ClNO2S. The van der Waals surface area contributed by atoms with Crippen LogP contribution in [0.3, 0.4) is 0 Å². The Balaban J connectivity index is 1.65. The molecule has 27 heavy (non-hydrogen) atoms. The Morgan fingerprint density at radius 3 is 2.11 bits per heavy atom. The summed E-state index contributed by atoms with van der Waals surface area (Å²) < 4.78 is 25.9. The first-order valence-corrected chi connectivity index (χ1v) is 10.6. The van der Waals surface area contributed by atoms with Crippen LogP contribution in [0.4, 0.5) is 0 Å². The predicted molar refractivity (Wildman–Crippen MR) is 111 cm³/mol. The molecule has 0 atom stereocenters. The summed E-state index contributed by atoms with van der Waals surface area (Å²) in [5.74, 6) is -0.0247. The maximum Gasteiger partial charge on any atom is 0.182 e. The normalized spacial score (nSPS) is 11.8. The molecule has 1 N–H and O–H groups in total. The van der Waals surface area contributed by atoms with Gasteiger partial charge in [0.15, 0.2) is 9.84 Å². The Hall–Kier alpha value is -2.56. The van der Waals surface area contributed by atoms with Crippen molar-refractivity contribution in [1.82, 2.24) is 4.98 Å². The van der Waals surface area contributed by atoms with Gasteiger partial charge in [0.25, 0.3) is 0 Å². The standard InChI is InChI=1S/C22H18ClNO2S/c1-15-21(20-4-2-3-5-22(20)24-15)14-27(25,26)19-12-8-17(9-13-19)16-6-10-18(23)11-7-16/h2-13,24H,14H2,1H3. The molecule has 0 unspecified atom stereocenters. The minimum absolute atomic E-state index is 0.0247. The van der Waals surface area contributed by atoms with Crippen molar-refractivity contribution >= 4 is 32.3 Å². The molecule has 0 radical (unpaired) electrons. The molecule has 5 heteroatoms. The largest absolute Gasteiger partial charge is 0.358 e.